The van der Waals surface area contributed by atoms with Gasteiger partial charge in [0.1, 0.15) is 5.75 Å². The summed E-state index contributed by atoms with van der Waals surface area (Å²) in [7, 11) is 7.16. The van der Waals surface area contributed by atoms with Crippen LogP contribution in [0.25, 0.3) is 0 Å². The number of likely N-dealkylation sites (N-methyl/N-ethyl adjacent to an activating group) is 1. The zero-order chi connectivity index (χ0) is 19.4. The molecular formula is C22H29NO4. The van der Waals surface area contributed by atoms with Crippen LogP contribution in [-0.2, 0) is 32.4 Å². The van der Waals surface area contributed by atoms with E-state index in [1.807, 2.05) is 6.07 Å². The number of benzene rings is 2. The van der Waals surface area contributed by atoms with Crippen molar-refractivity contribution in [1.29, 1.82) is 0 Å². The van der Waals surface area contributed by atoms with Gasteiger partial charge in [-0.1, -0.05) is 6.07 Å². The molecule has 0 amide bonds. The molecule has 2 aromatic carbocycles. The second-order valence-electron chi connectivity index (χ2n) is 7.02. The Labute approximate surface area is 161 Å². The molecule has 0 spiro atoms. The summed E-state index contributed by atoms with van der Waals surface area (Å²) in [5.74, 6) is 2.36. The molecule has 0 saturated heterocycles. The number of methoxy groups -OCH3 is 3. The Hall–Kier alpha value is -2.24. The molecule has 0 bridgehead atoms. The van der Waals surface area contributed by atoms with E-state index < -0.39 is 0 Å². The van der Waals surface area contributed by atoms with Gasteiger partial charge in [-0.3, -0.25) is 0 Å². The van der Waals surface area contributed by atoms with Crippen molar-refractivity contribution in [2.45, 2.75) is 32.4 Å². The first-order chi connectivity index (χ1) is 13.1. The van der Waals surface area contributed by atoms with Gasteiger partial charge in [0.15, 0.2) is 11.5 Å². The molecule has 0 aromatic heterocycles. The number of ether oxygens (including phenoxy) is 3. The summed E-state index contributed by atoms with van der Waals surface area (Å²) in [6.07, 6.45) is 2.77. The monoisotopic (exact) mass is 371 g/mol. The van der Waals surface area contributed by atoms with Crippen molar-refractivity contribution in [2.24, 2.45) is 0 Å². The lowest BCUT2D eigenvalue weighted by Gasteiger charge is -2.25. The van der Waals surface area contributed by atoms with Gasteiger partial charge in [0.05, 0.1) is 27.9 Å². The minimum atomic E-state index is -0.00782. The average molecular weight is 371 g/mol. The Morgan fingerprint density at radius 1 is 0.889 bits per heavy atom. The minimum absolute atomic E-state index is 0.00782. The van der Waals surface area contributed by atoms with Crippen LogP contribution in [0.15, 0.2) is 24.3 Å². The Morgan fingerprint density at radius 3 is 2.26 bits per heavy atom. The van der Waals surface area contributed by atoms with Crippen LogP contribution < -0.4 is 14.2 Å². The van der Waals surface area contributed by atoms with Gasteiger partial charge in [0.25, 0.3) is 0 Å². The Balaban J connectivity index is 2.04. The average Bonchev–Trinajstić information content (AvgIpc) is 2.70. The number of aliphatic hydroxyl groups is 1. The molecule has 3 rings (SSSR count). The molecule has 27 heavy (non-hydrogen) atoms. The third-order valence-electron chi connectivity index (χ3n) is 5.37. The van der Waals surface area contributed by atoms with Crippen LogP contribution in [0.3, 0.4) is 0 Å². The number of aryl methyl sites for hydroxylation is 2. The van der Waals surface area contributed by atoms with Gasteiger partial charge in [-0.05, 0) is 61.2 Å². The highest BCUT2D eigenvalue weighted by molar-refractivity contribution is 5.51. The predicted octanol–water partition coefficient (Wildman–Crippen LogP) is 2.98. The van der Waals surface area contributed by atoms with Crippen molar-refractivity contribution in [3.63, 3.8) is 0 Å². The Morgan fingerprint density at radius 2 is 1.59 bits per heavy atom. The lowest BCUT2D eigenvalue weighted by molar-refractivity contribution is 0.273. The summed E-state index contributed by atoms with van der Waals surface area (Å²) in [4.78, 5) is 2.30. The maximum atomic E-state index is 9.65. The SMILES string of the molecule is COc1cc2c(cc1CO)CCN(C)Cc1c(ccc(OC)c1OC)CC2. The number of fused-ring (bicyclic) bond motifs is 2. The summed E-state index contributed by atoms with van der Waals surface area (Å²) < 4.78 is 16.7. The van der Waals surface area contributed by atoms with Crippen LogP contribution in [0.1, 0.15) is 27.8 Å². The van der Waals surface area contributed by atoms with Crippen LogP contribution in [0.2, 0.25) is 0 Å². The van der Waals surface area contributed by atoms with E-state index in [0.29, 0.717) is 0 Å². The molecule has 0 radical (unpaired) electrons. The molecule has 1 aliphatic heterocycles. The number of aliphatic hydroxyl groups excluding tert-OH is 1. The molecule has 1 heterocycles. The Kier molecular flexibility index (Phi) is 6.24. The first-order valence-corrected chi connectivity index (χ1v) is 9.32. The molecular weight excluding hydrogens is 342 g/mol. The molecule has 1 N–H and O–H groups in total. The van der Waals surface area contributed by atoms with Gasteiger partial charge in [-0.15, -0.1) is 0 Å². The number of hydrogen-bond acceptors (Lipinski definition) is 5. The highest BCUT2D eigenvalue weighted by atomic mass is 16.5. The van der Waals surface area contributed by atoms with Gasteiger partial charge < -0.3 is 24.2 Å². The van der Waals surface area contributed by atoms with Crippen LogP contribution in [0, 0.1) is 0 Å². The number of nitrogens with zero attached hydrogens (tertiary/aromatic N) is 1. The van der Waals surface area contributed by atoms with E-state index in [-0.39, 0.29) is 6.61 Å². The minimum Gasteiger partial charge on any atom is -0.496 e. The zero-order valence-corrected chi connectivity index (χ0v) is 16.7. The Bertz CT molecular complexity index is 803. The van der Waals surface area contributed by atoms with E-state index in [1.165, 1.54) is 22.3 Å². The van der Waals surface area contributed by atoms with Gasteiger partial charge in [-0.2, -0.15) is 0 Å². The summed E-state index contributed by atoms with van der Waals surface area (Å²) >= 11 is 0. The van der Waals surface area contributed by atoms with E-state index in [2.05, 4.69) is 30.1 Å². The van der Waals surface area contributed by atoms with E-state index in [4.69, 9.17) is 14.2 Å². The molecule has 0 atom stereocenters. The van der Waals surface area contributed by atoms with Gasteiger partial charge >= 0.3 is 0 Å². The topological polar surface area (TPSA) is 51.2 Å². The highest BCUT2D eigenvalue weighted by Gasteiger charge is 2.19. The predicted molar refractivity (Wildman–Crippen MR) is 106 cm³/mol. The van der Waals surface area contributed by atoms with Crippen LogP contribution in [-0.4, -0.2) is 44.9 Å². The van der Waals surface area contributed by atoms with Crippen molar-refractivity contribution < 1.29 is 19.3 Å². The van der Waals surface area contributed by atoms with Crippen molar-refractivity contribution >= 4 is 0 Å². The summed E-state index contributed by atoms with van der Waals surface area (Å²) in [6.45, 7) is 1.73. The first-order valence-electron chi connectivity index (χ1n) is 9.32. The van der Waals surface area contributed by atoms with E-state index >= 15 is 0 Å². The summed E-state index contributed by atoms with van der Waals surface area (Å²) in [6, 6.07) is 8.31. The first kappa shape index (κ1) is 19.5. The van der Waals surface area contributed by atoms with Crippen molar-refractivity contribution in [2.75, 3.05) is 34.9 Å². The molecule has 5 nitrogen and oxygen atoms in total. The molecule has 0 fully saturated rings. The van der Waals surface area contributed by atoms with Crippen molar-refractivity contribution in [1.82, 2.24) is 4.90 Å². The van der Waals surface area contributed by atoms with Crippen LogP contribution >= 0.6 is 0 Å². The third-order valence-corrected chi connectivity index (χ3v) is 5.37. The smallest absolute Gasteiger partial charge is 0.165 e. The second kappa shape index (κ2) is 8.63. The highest BCUT2D eigenvalue weighted by Crippen LogP contribution is 2.36. The fourth-order valence-electron chi connectivity index (χ4n) is 3.87. The van der Waals surface area contributed by atoms with Crippen LogP contribution in [0.5, 0.6) is 17.2 Å². The largest absolute Gasteiger partial charge is 0.496 e. The lowest BCUT2D eigenvalue weighted by atomic mass is 9.92. The van der Waals surface area contributed by atoms with Crippen molar-refractivity contribution in [3.05, 3.63) is 52.1 Å². The fraction of sp³-hybridized carbons (Fsp3) is 0.455. The molecule has 2 aromatic rings. The quantitative estimate of drug-likeness (QED) is 0.895. The van der Waals surface area contributed by atoms with E-state index in [9.17, 15) is 5.11 Å². The molecule has 0 unspecified atom stereocenters. The third kappa shape index (κ3) is 4.04. The molecule has 146 valence electrons. The zero-order valence-electron chi connectivity index (χ0n) is 16.7. The van der Waals surface area contributed by atoms with E-state index in [0.717, 1.165) is 55.2 Å². The molecule has 5 heteroatoms. The van der Waals surface area contributed by atoms with Gasteiger partial charge in [0, 0.05) is 24.2 Å². The molecule has 0 saturated carbocycles. The standard InChI is InChI=1S/C22H29NO4/c1-23-10-9-17-11-18(14-24)21(26-3)12-16(17)6-5-15-7-8-20(25-2)22(27-4)19(15)13-23/h7-8,11-12,24H,5-6,9-10,13-14H2,1-4H3. The maximum absolute atomic E-state index is 9.65. The van der Waals surface area contributed by atoms with Crippen molar-refractivity contribution in [3.8, 4) is 17.2 Å². The molecule has 0 aliphatic carbocycles. The van der Waals surface area contributed by atoms with Gasteiger partial charge in [-0.25, -0.2) is 0 Å². The van der Waals surface area contributed by atoms with Gasteiger partial charge in [0.2, 0.25) is 0 Å². The normalized spacial score (nSPS) is 14.9. The fourth-order valence-corrected chi connectivity index (χ4v) is 3.87. The lowest BCUT2D eigenvalue weighted by Crippen LogP contribution is -2.23. The van der Waals surface area contributed by atoms with E-state index in [1.54, 1.807) is 21.3 Å². The summed E-state index contributed by atoms with van der Waals surface area (Å²) in [5, 5.41) is 9.65. The maximum Gasteiger partial charge on any atom is 0.165 e. The second-order valence-corrected chi connectivity index (χ2v) is 7.02. The number of rotatable bonds is 4. The summed E-state index contributed by atoms with van der Waals surface area (Å²) in [5.41, 5.74) is 5.89. The van der Waals surface area contributed by atoms with Crippen LogP contribution in [0.4, 0.5) is 0 Å². The number of hydrogen-bond donors (Lipinski definition) is 1. The molecule has 1 aliphatic rings.